The first-order valence-corrected chi connectivity index (χ1v) is 9.78. The molecule has 5 nitrogen and oxygen atoms in total. The SMILES string of the molecule is COc1ccc(C(=O)N2CCCN(CC3CC3)[C@H](C(C)C)C2)c(OC)c1. The van der Waals surface area contributed by atoms with Crippen molar-refractivity contribution in [2.45, 2.75) is 39.2 Å². The molecule has 1 saturated heterocycles. The van der Waals surface area contributed by atoms with Crippen LogP contribution in [0.5, 0.6) is 11.5 Å². The Kier molecular flexibility index (Phi) is 6.07. The van der Waals surface area contributed by atoms with Crippen molar-refractivity contribution in [1.29, 1.82) is 0 Å². The monoisotopic (exact) mass is 360 g/mol. The molecule has 3 rings (SSSR count). The van der Waals surface area contributed by atoms with Gasteiger partial charge in [0.25, 0.3) is 5.91 Å². The lowest BCUT2D eigenvalue weighted by atomic mass is 10.0. The first-order valence-electron chi connectivity index (χ1n) is 9.78. The van der Waals surface area contributed by atoms with Gasteiger partial charge in [-0.1, -0.05) is 13.8 Å². The second kappa shape index (κ2) is 8.30. The summed E-state index contributed by atoms with van der Waals surface area (Å²) >= 11 is 0. The van der Waals surface area contributed by atoms with Crippen LogP contribution in [0.15, 0.2) is 18.2 Å². The van der Waals surface area contributed by atoms with Crippen LogP contribution in [0, 0.1) is 11.8 Å². The number of carbonyl (C=O) groups is 1. The first kappa shape index (κ1) is 19.0. The summed E-state index contributed by atoms with van der Waals surface area (Å²) in [6, 6.07) is 5.85. The summed E-state index contributed by atoms with van der Waals surface area (Å²) in [6.07, 6.45) is 3.76. The number of hydrogen-bond acceptors (Lipinski definition) is 4. The third-order valence-electron chi connectivity index (χ3n) is 5.64. The van der Waals surface area contributed by atoms with Gasteiger partial charge < -0.3 is 14.4 Å². The van der Waals surface area contributed by atoms with Crippen molar-refractivity contribution in [3.8, 4) is 11.5 Å². The molecule has 144 valence electrons. The Morgan fingerprint density at radius 1 is 1.19 bits per heavy atom. The van der Waals surface area contributed by atoms with E-state index >= 15 is 0 Å². The van der Waals surface area contributed by atoms with Gasteiger partial charge >= 0.3 is 0 Å². The van der Waals surface area contributed by atoms with Crippen molar-refractivity contribution < 1.29 is 14.3 Å². The fourth-order valence-electron chi connectivity index (χ4n) is 3.88. The number of nitrogens with zero attached hydrogens (tertiary/aromatic N) is 2. The molecule has 1 aromatic rings. The van der Waals surface area contributed by atoms with Gasteiger partial charge in [-0.2, -0.15) is 0 Å². The van der Waals surface area contributed by atoms with E-state index in [9.17, 15) is 4.79 Å². The van der Waals surface area contributed by atoms with E-state index in [1.54, 1.807) is 20.3 Å². The van der Waals surface area contributed by atoms with Crippen LogP contribution in [0.2, 0.25) is 0 Å². The van der Waals surface area contributed by atoms with E-state index in [0.717, 1.165) is 32.0 Å². The van der Waals surface area contributed by atoms with Crippen LogP contribution in [0.25, 0.3) is 0 Å². The lowest BCUT2D eigenvalue weighted by Gasteiger charge is -2.34. The van der Waals surface area contributed by atoms with Crippen LogP contribution < -0.4 is 9.47 Å². The minimum absolute atomic E-state index is 0.0587. The van der Waals surface area contributed by atoms with E-state index in [1.807, 2.05) is 17.0 Å². The zero-order valence-corrected chi connectivity index (χ0v) is 16.5. The molecule has 0 bridgehead atoms. The third-order valence-corrected chi connectivity index (χ3v) is 5.64. The van der Waals surface area contributed by atoms with E-state index in [4.69, 9.17) is 9.47 Å². The Balaban J connectivity index is 1.78. The van der Waals surface area contributed by atoms with Gasteiger partial charge in [-0.25, -0.2) is 0 Å². The number of amides is 1. The predicted molar refractivity (Wildman–Crippen MR) is 103 cm³/mol. The van der Waals surface area contributed by atoms with Crippen LogP contribution in [-0.2, 0) is 0 Å². The van der Waals surface area contributed by atoms with Gasteiger partial charge in [0.15, 0.2) is 0 Å². The lowest BCUT2D eigenvalue weighted by Crippen LogP contribution is -2.46. The van der Waals surface area contributed by atoms with Gasteiger partial charge in [-0.3, -0.25) is 9.69 Å². The van der Waals surface area contributed by atoms with Gasteiger partial charge in [0.05, 0.1) is 19.8 Å². The highest BCUT2D eigenvalue weighted by molar-refractivity contribution is 5.97. The lowest BCUT2D eigenvalue weighted by molar-refractivity contribution is 0.0701. The smallest absolute Gasteiger partial charge is 0.257 e. The van der Waals surface area contributed by atoms with Gasteiger partial charge in [0.1, 0.15) is 11.5 Å². The summed E-state index contributed by atoms with van der Waals surface area (Å²) in [7, 11) is 3.22. The molecular weight excluding hydrogens is 328 g/mol. The second-order valence-corrected chi connectivity index (χ2v) is 7.92. The second-order valence-electron chi connectivity index (χ2n) is 7.92. The van der Waals surface area contributed by atoms with Crippen molar-refractivity contribution >= 4 is 5.91 Å². The number of ether oxygens (including phenoxy) is 2. The van der Waals surface area contributed by atoms with Crippen molar-refractivity contribution in [3.05, 3.63) is 23.8 Å². The fourth-order valence-corrected chi connectivity index (χ4v) is 3.88. The Morgan fingerprint density at radius 2 is 1.96 bits per heavy atom. The van der Waals surface area contributed by atoms with Gasteiger partial charge in [0.2, 0.25) is 0 Å². The Morgan fingerprint density at radius 3 is 2.58 bits per heavy atom. The molecule has 26 heavy (non-hydrogen) atoms. The quantitative estimate of drug-likeness (QED) is 0.781. The van der Waals surface area contributed by atoms with E-state index in [1.165, 1.54) is 19.4 Å². The van der Waals surface area contributed by atoms with E-state index in [2.05, 4.69) is 18.7 Å². The Labute approximate surface area is 157 Å². The molecule has 1 aliphatic heterocycles. The topological polar surface area (TPSA) is 42.0 Å². The minimum Gasteiger partial charge on any atom is -0.497 e. The van der Waals surface area contributed by atoms with E-state index < -0.39 is 0 Å². The maximum atomic E-state index is 13.2. The number of carbonyl (C=O) groups excluding carboxylic acids is 1. The zero-order chi connectivity index (χ0) is 18.7. The van der Waals surface area contributed by atoms with Crippen molar-refractivity contribution in [3.63, 3.8) is 0 Å². The molecule has 0 N–H and O–H groups in total. The maximum Gasteiger partial charge on any atom is 0.257 e. The largest absolute Gasteiger partial charge is 0.497 e. The standard InChI is InChI=1S/C21H32N2O3/c1-15(2)19-14-23(11-5-10-22(19)13-16-6-7-16)21(24)18-9-8-17(25-3)12-20(18)26-4/h8-9,12,15-16,19H,5-7,10-11,13-14H2,1-4H3/t19-/m0/s1. The molecule has 2 fully saturated rings. The third kappa shape index (κ3) is 4.32. The summed E-state index contributed by atoms with van der Waals surface area (Å²) in [4.78, 5) is 17.9. The number of rotatable bonds is 6. The van der Waals surface area contributed by atoms with Crippen molar-refractivity contribution in [1.82, 2.24) is 9.80 Å². The molecule has 0 spiro atoms. The first-order chi connectivity index (χ1) is 12.5. The highest BCUT2D eigenvalue weighted by Crippen LogP contribution is 2.32. The van der Waals surface area contributed by atoms with Gasteiger partial charge in [0, 0.05) is 38.3 Å². The summed E-state index contributed by atoms with van der Waals surface area (Å²) in [5.74, 6) is 2.74. The number of benzene rings is 1. The summed E-state index contributed by atoms with van der Waals surface area (Å²) in [6.45, 7) is 8.41. The fraction of sp³-hybridized carbons (Fsp3) is 0.667. The van der Waals surface area contributed by atoms with Crippen LogP contribution in [0.1, 0.15) is 43.5 Å². The van der Waals surface area contributed by atoms with Crippen LogP contribution in [-0.4, -0.2) is 62.1 Å². The van der Waals surface area contributed by atoms with Crippen LogP contribution in [0.3, 0.4) is 0 Å². The average Bonchev–Trinajstić information content (AvgIpc) is 3.47. The predicted octanol–water partition coefficient (Wildman–Crippen LogP) is 3.29. The highest BCUT2D eigenvalue weighted by Gasteiger charge is 2.34. The van der Waals surface area contributed by atoms with Crippen LogP contribution in [0.4, 0.5) is 0 Å². The summed E-state index contributed by atoms with van der Waals surface area (Å²) in [5, 5.41) is 0. The Hall–Kier alpha value is -1.75. The van der Waals surface area contributed by atoms with Gasteiger partial charge in [-0.15, -0.1) is 0 Å². The molecule has 1 heterocycles. The Bertz CT molecular complexity index is 628. The highest BCUT2D eigenvalue weighted by atomic mass is 16.5. The van der Waals surface area contributed by atoms with E-state index in [0.29, 0.717) is 29.0 Å². The molecule has 1 aliphatic carbocycles. The van der Waals surface area contributed by atoms with Gasteiger partial charge in [-0.05, 0) is 43.2 Å². The molecule has 0 radical (unpaired) electrons. The molecule has 0 unspecified atom stereocenters. The molecule has 2 aliphatic rings. The molecule has 1 atom stereocenters. The maximum absolute atomic E-state index is 13.2. The normalized spacial score (nSPS) is 21.6. The van der Waals surface area contributed by atoms with Crippen molar-refractivity contribution in [2.24, 2.45) is 11.8 Å². The zero-order valence-electron chi connectivity index (χ0n) is 16.5. The summed E-state index contributed by atoms with van der Waals surface area (Å²) in [5.41, 5.74) is 0.617. The molecule has 5 heteroatoms. The molecule has 0 aromatic heterocycles. The molecule has 1 amide bonds. The molecule has 1 aromatic carbocycles. The number of methoxy groups -OCH3 is 2. The molecule has 1 saturated carbocycles. The average molecular weight is 360 g/mol. The van der Waals surface area contributed by atoms with Crippen LogP contribution >= 0.6 is 0 Å². The van der Waals surface area contributed by atoms with E-state index in [-0.39, 0.29) is 5.91 Å². The summed E-state index contributed by atoms with van der Waals surface area (Å²) < 4.78 is 10.7. The minimum atomic E-state index is 0.0587. The van der Waals surface area contributed by atoms with Crippen molar-refractivity contribution in [2.75, 3.05) is 40.4 Å². The number of hydrogen-bond donors (Lipinski definition) is 0. The molecular formula is C21H32N2O3.